The number of benzene rings is 2. The summed E-state index contributed by atoms with van der Waals surface area (Å²) in [5, 5.41) is 3.13. The van der Waals surface area contributed by atoms with Gasteiger partial charge in [0.1, 0.15) is 0 Å². The molecule has 0 aliphatic rings. The van der Waals surface area contributed by atoms with Crippen LogP contribution in [0.4, 0.5) is 5.69 Å². The maximum Gasteiger partial charge on any atom is 0.232 e. The maximum atomic E-state index is 12.9. The lowest BCUT2D eigenvalue weighted by Crippen LogP contribution is -2.26. The zero-order valence-electron chi connectivity index (χ0n) is 13.9. The number of carbonyl (C=O) groups is 1. The smallest absolute Gasteiger partial charge is 0.232 e. The minimum Gasteiger partial charge on any atom is -0.325 e. The van der Waals surface area contributed by atoms with Gasteiger partial charge in [0, 0.05) is 5.69 Å². The SMILES string of the molecule is CCC(C)C(C(=O)Nc1cccc(C)c1C)c1ccccc1. The van der Waals surface area contributed by atoms with Gasteiger partial charge in [-0.25, -0.2) is 0 Å². The van der Waals surface area contributed by atoms with E-state index >= 15 is 0 Å². The molecule has 2 heteroatoms. The molecule has 116 valence electrons. The number of hydrogen-bond donors (Lipinski definition) is 1. The van der Waals surface area contributed by atoms with Gasteiger partial charge in [-0.15, -0.1) is 0 Å². The summed E-state index contributed by atoms with van der Waals surface area (Å²) in [6.45, 7) is 8.38. The van der Waals surface area contributed by atoms with Crippen LogP contribution in [0.1, 0.15) is 42.9 Å². The molecule has 0 radical (unpaired) electrons. The number of nitrogens with one attached hydrogen (secondary N) is 1. The number of amides is 1. The van der Waals surface area contributed by atoms with Crippen LogP contribution in [-0.2, 0) is 4.79 Å². The van der Waals surface area contributed by atoms with E-state index < -0.39 is 0 Å². The Balaban J connectivity index is 2.28. The first-order valence-corrected chi connectivity index (χ1v) is 7.96. The van der Waals surface area contributed by atoms with Gasteiger partial charge >= 0.3 is 0 Å². The highest BCUT2D eigenvalue weighted by atomic mass is 16.1. The summed E-state index contributed by atoms with van der Waals surface area (Å²) in [7, 11) is 0. The molecule has 0 aromatic heterocycles. The second-order valence-corrected chi connectivity index (χ2v) is 6.01. The lowest BCUT2D eigenvalue weighted by Gasteiger charge is -2.23. The van der Waals surface area contributed by atoms with Gasteiger partial charge in [-0.1, -0.05) is 62.7 Å². The van der Waals surface area contributed by atoms with Crippen LogP contribution in [0.25, 0.3) is 0 Å². The van der Waals surface area contributed by atoms with E-state index in [2.05, 4.69) is 32.2 Å². The second-order valence-electron chi connectivity index (χ2n) is 6.01. The third kappa shape index (κ3) is 3.56. The lowest BCUT2D eigenvalue weighted by atomic mass is 9.84. The Labute approximate surface area is 133 Å². The van der Waals surface area contributed by atoms with Crippen LogP contribution in [0.15, 0.2) is 48.5 Å². The fourth-order valence-electron chi connectivity index (χ4n) is 2.73. The lowest BCUT2D eigenvalue weighted by molar-refractivity contribution is -0.118. The van der Waals surface area contributed by atoms with Crippen molar-refractivity contribution >= 4 is 11.6 Å². The van der Waals surface area contributed by atoms with E-state index in [1.54, 1.807) is 0 Å². The van der Waals surface area contributed by atoms with E-state index in [9.17, 15) is 4.79 Å². The predicted molar refractivity (Wildman–Crippen MR) is 93.2 cm³/mol. The van der Waals surface area contributed by atoms with Crippen LogP contribution in [0.5, 0.6) is 0 Å². The molecule has 0 fully saturated rings. The molecule has 0 spiro atoms. The molecule has 0 heterocycles. The summed E-state index contributed by atoms with van der Waals surface area (Å²) in [6.07, 6.45) is 0.972. The summed E-state index contributed by atoms with van der Waals surface area (Å²) >= 11 is 0. The topological polar surface area (TPSA) is 29.1 Å². The largest absolute Gasteiger partial charge is 0.325 e. The molecule has 2 rings (SSSR count). The van der Waals surface area contributed by atoms with E-state index in [0.717, 1.165) is 23.2 Å². The fourth-order valence-corrected chi connectivity index (χ4v) is 2.73. The van der Waals surface area contributed by atoms with Gasteiger partial charge < -0.3 is 5.32 Å². The molecule has 2 aromatic carbocycles. The summed E-state index contributed by atoms with van der Waals surface area (Å²) in [5.41, 5.74) is 4.32. The van der Waals surface area contributed by atoms with Crippen molar-refractivity contribution in [1.82, 2.24) is 0 Å². The minimum absolute atomic E-state index is 0.0780. The van der Waals surface area contributed by atoms with Gasteiger partial charge in [0.25, 0.3) is 0 Å². The van der Waals surface area contributed by atoms with E-state index in [1.165, 1.54) is 5.56 Å². The van der Waals surface area contributed by atoms with Crippen LogP contribution in [0, 0.1) is 19.8 Å². The molecule has 2 atom stereocenters. The Morgan fingerprint density at radius 2 is 1.73 bits per heavy atom. The molecule has 0 saturated carbocycles. The van der Waals surface area contributed by atoms with E-state index in [-0.39, 0.29) is 11.8 Å². The summed E-state index contributed by atoms with van der Waals surface area (Å²) in [5.74, 6) is 0.257. The summed E-state index contributed by atoms with van der Waals surface area (Å²) in [6, 6.07) is 16.1. The van der Waals surface area contributed by atoms with Crippen molar-refractivity contribution in [3.05, 3.63) is 65.2 Å². The van der Waals surface area contributed by atoms with Crippen molar-refractivity contribution in [2.75, 3.05) is 5.32 Å². The summed E-state index contributed by atoms with van der Waals surface area (Å²) in [4.78, 5) is 12.9. The van der Waals surface area contributed by atoms with Crippen LogP contribution in [0.2, 0.25) is 0 Å². The number of rotatable bonds is 5. The van der Waals surface area contributed by atoms with Crippen molar-refractivity contribution in [3.8, 4) is 0 Å². The monoisotopic (exact) mass is 295 g/mol. The Bertz CT molecular complexity index is 633. The number of carbonyl (C=O) groups excluding carboxylic acids is 1. The molecule has 22 heavy (non-hydrogen) atoms. The third-order valence-corrected chi connectivity index (χ3v) is 4.52. The minimum atomic E-state index is -0.119. The molecule has 0 saturated heterocycles. The highest BCUT2D eigenvalue weighted by Crippen LogP contribution is 2.29. The second kappa shape index (κ2) is 7.26. The first-order chi connectivity index (χ1) is 10.5. The normalized spacial score (nSPS) is 13.5. The Morgan fingerprint density at radius 1 is 1.05 bits per heavy atom. The number of hydrogen-bond acceptors (Lipinski definition) is 1. The van der Waals surface area contributed by atoms with Crippen molar-refractivity contribution in [2.45, 2.75) is 40.0 Å². The molecular weight excluding hydrogens is 270 g/mol. The van der Waals surface area contributed by atoms with E-state index in [1.807, 2.05) is 49.4 Å². The molecule has 0 bridgehead atoms. The zero-order chi connectivity index (χ0) is 16.1. The molecular formula is C20H25NO. The Morgan fingerprint density at radius 3 is 2.36 bits per heavy atom. The van der Waals surface area contributed by atoms with Gasteiger partial charge in [0.2, 0.25) is 5.91 Å². The Kier molecular flexibility index (Phi) is 5.37. The van der Waals surface area contributed by atoms with Gasteiger partial charge in [-0.3, -0.25) is 4.79 Å². The molecule has 1 amide bonds. The van der Waals surface area contributed by atoms with Gasteiger partial charge in [-0.05, 0) is 42.5 Å². The van der Waals surface area contributed by atoms with Crippen molar-refractivity contribution in [3.63, 3.8) is 0 Å². The Hall–Kier alpha value is -2.09. The molecule has 0 aliphatic carbocycles. The van der Waals surface area contributed by atoms with Crippen LogP contribution < -0.4 is 5.32 Å². The van der Waals surface area contributed by atoms with Crippen molar-refractivity contribution in [1.29, 1.82) is 0 Å². The highest BCUT2D eigenvalue weighted by Gasteiger charge is 2.26. The van der Waals surface area contributed by atoms with Gasteiger partial charge in [0.05, 0.1) is 5.92 Å². The molecule has 0 aliphatic heterocycles. The van der Waals surface area contributed by atoms with Crippen molar-refractivity contribution in [2.24, 2.45) is 5.92 Å². The number of aryl methyl sites for hydroxylation is 1. The predicted octanol–water partition coefficient (Wildman–Crippen LogP) is 5.07. The zero-order valence-corrected chi connectivity index (χ0v) is 13.9. The molecule has 2 aromatic rings. The quantitative estimate of drug-likeness (QED) is 0.819. The van der Waals surface area contributed by atoms with Gasteiger partial charge in [0.15, 0.2) is 0 Å². The van der Waals surface area contributed by atoms with E-state index in [4.69, 9.17) is 0 Å². The van der Waals surface area contributed by atoms with Crippen LogP contribution >= 0.6 is 0 Å². The molecule has 1 N–H and O–H groups in total. The third-order valence-electron chi connectivity index (χ3n) is 4.52. The highest BCUT2D eigenvalue weighted by molar-refractivity contribution is 5.96. The van der Waals surface area contributed by atoms with Crippen LogP contribution in [0.3, 0.4) is 0 Å². The number of anilines is 1. The van der Waals surface area contributed by atoms with Crippen molar-refractivity contribution < 1.29 is 4.79 Å². The average Bonchev–Trinajstić information content (AvgIpc) is 2.53. The molecule has 2 nitrogen and oxygen atoms in total. The first-order valence-electron chi connectivity index (χ1n) is 7.96. The summed E-state index contributed by atoms with van der Waals surface area (Å²) < 4.78 is 0. The van der Waals surface area contributed by atoms with E-state index in [0.29, 0.717) is 5.92 Å². The molecule has 2 unspecified atom stereocenters. The standard InChI is InChI=1S/C20H25NO/c1-5-14(2)19(17-11-7-6-8-12-17)20(22)21-18-13-9-10-15(3)16(18)4/h6-14,19H,5H2,1-4H3,(H,21,22). The average molecular weight is 295 g/mol. The van der Waals surface area contributed by atoms with Gasteiger partial charge in [-0.2, -0.15) is 0 Å². The fraction of sp³-hybridized carbons (Fsp3) is 0.350. The van der Waals surface area contributed by atoms with Crippen LogP contribution in [-0.4, -0.2) is 5.91 Å². The first kappa shape index (κ1) is 16.3. The maximum absolute atomic E-state index is 12.9.